The predicted octanol–water partition coefficient (Wildman–Crippen LogP) is 9.93. The van der Waals surface area contributed by atoms with Crippen LogP contribution in [0.5, 0.6) is 0 Å². The number of nitrogens with one attached hydrogen (secondary N) is 2. The highest BCUT2D eigenvalue weighted by Crippen LogP contribution is 2.35. The summed E-state index contributed by atoms with van der Waals surface area (Å²) in [5.41, 5.74) is 2.79. The first kappa shape index (κ1) is 46.7. The van der Waals surface area contributed by atoms with Crippen LogP contribution in [-0.4, -0.2) is 78.7 Å². The van der Waals surface area contributed by atoms with Crippen molar-refractivity contribution in [3.05, 3.63) is 144 Å². The first-order chi connectivity index (χ1) is 31.3. The van der Waals surface area contributed by atoms with Gasteiger partial charge in [-0.2, -0.15) is 26.3 Å². The molecule has 6 aromatic rings. The molecule has 2 aliphatic heterocycles. The van der Waals surface area contributed by atoms with Crippen molar-refractivity contribution in [1.29, 1.82) is 0 Å². The number of anilines is 2. The Labute approximate surface area is 375 Å². The van der Waals surface area contributed by atoms with Crippen molar-refractivity contribution in [2.45, 2.75) is 64.0 Å². The normalized spacial score (nSPS) is 16.6. The minimum absolute atomic E-state index is 0.119. The van der Waals surface area contributed by atoms with Gasteiger partial charge in [0.05, 0.1) is 45.3 Å². The molecule has 2 fully saturated rings. The predicted molar refractivity (Wildman–Crippen MR) is 238 cm³/mol. The fourth-order valence-electron chi connectivity index (χ4n) is 8.34. The van der Waals surface area contributed by atoms with Crippen LogP contribution in [-0.2, 0) is 21.9 Å². The Morgan fingerprint density at radius 2 is 1.00 bits per heavy atom. The van der Waals surface area contributed by atoms with Crippen LogP contribution in [0.25, 0.3) is 22.1 Å². The van der Waals surface area contributed by atoms with E-state index in [1.54, 1.807) is 9.80 Å². The summed E-state index contributed by atoms with van der Waals surface area (Å²) in [7, 11) is 0. The molecule has 66 heavy (non-hydrogen) atoms. The Hall–Kier alpha value is -7.24. The Morgan fingerprint density at radius 3 is 1.36 bits per heavy atom. The maximum atomic E-state index is 13.1. The number of hydrogen-bond donors (Lipinski definition) is 2. The highest BCUT2D eigenvalue weighted by Gasteiger charge is 2.33. The van der Waals surface area contributed by atoms with Crippen molar-refractivity contribution in [3.63, 3.8) is 0 Å². The van der Waals surface area contributed by atoms with Crippen molar-refractivity contribution in [3.8, 4) is 0 Å². The highest BCUT2D eigenvalue weighted by molar-refractivity contribution is 6.05. The fourth-order valence-corrected chi connectivity index (χ4v) is 8.34. The number of fused-ring (bicyclic) bond motifs is 2. The average Bonchev–Trinajstić information content (AvgIpc) is 3.84. The van der Waals surface area contributed by atoms with E-state index in [2.05, 4.69) is 33.8 Å². The van der Waals surface area contributed by atoms with E-state index < -0.39 is 35.3 Å². The lowest BCUT2D eigenvalue weighted by Gasteiger charge is -2.33. The number of carbonyl (C=O) groups excluding carboxylic acids is 4. The minimum Gasteiger partial charge on any atom is -0.337 e. The topological polar surface area (TPSA) is 134 Å². The van der Waals surface area contributed by atoms with Crippen LogP contribution < -0.4 is 10.6 Å². The number of amides is 4. The lowest BCUT2D eigenvalue weighted by molar-refractivity contribution is -0.138. The Bertz CT molecular complexity index is 2660. The molecule has 2 unspecified atom stereocenters. The SMILES string of the molecule is C=CC(=O)N1CCCC(n2c(NC(=O)c3cccc(C(F)(F)F)c3)nc3cc(C)ccc32)C1.C=CC(=O)N1CCCC(n2c(NC(=O)c3cccc(C(F)(F)F)c3)nc3cc(C)ccc32)C1. The molecule has 2 atom stereocenters. The van der Waals surface area contributed by atoms with Crippen LogP contribution in [0.2, 0.25) is 0 Å². The highest BCUT2D eigenvalue weighted by atomic mass is 19.4. The molecule has 0 radical (unpaired) electrons. The van der Waals surface area contributed by atoms with E-state index in [4.69, 9.17) is 0 Å². The van der Waals surface area contributed by atoms with Crippen molar-refractivity contribution < 1.29 is 45.5 Å². The van der Waals surface area contributed by atoms with Gasteiger partial charge in [-0.25, -0.2) is 9.97 Å². The number of hydrogen-bond acceptors (Lipinski definition) is 6. The standard InChI is InChI=1S/2C24H23F3N4O2/c2*1-3-21(32)30-11-5-8-18(14-30)31-20-10-9-15(2)12-19(20)28-23(31)29-22(33)16-6-4-7-17(13-16)24(25,26)27/h2*3-4,6-7,9-10,12-13,18H,1,5,8,11,14H2,2H3,(H,28,29,33). The quantitative estimate of drug-likeness (QED) is 0.115. The second-order valence-corrected chi connectivity index (χ2v) is 16.2. The monoisotopic (exact) mass is 912 g/mol. The second-order valence-electron chi connectivity index (χ2n) is 16.2. The molecule has 18 heteroatoms. The molecule has 2 saturated heterocycles. The third-order valence-corrected chi connectivity index (χ3v) is 11.5. The van der Waals surface area contributed by atoms with E-state index >= 15 is 0 Å². The van der Waals surface area contributed by atoms with E-state index in [9.17, 15) is 45.5 Å². The number of piperidine rings is 2. The molecule has 2 aliphatic rings. The number of aryl methyl sites for hydroxylation is 2. The summed E-state index contributed by atoms with van der Waals surface area (Å²) in [5.74, 6) is -1.26. The number of likely N-dealkylation sites (tertiary alicyclic amines) is 2. The number of carbonyl (C=O) groups is 4. The second kappa shape index (κ2) is 19.1. The molecule has 4 amide bonds. The molecule has 0 spiro atoms. The number of rotatable bonds is 8. The average molecular weight is 913 g/mol. The summed E-state index contributed by atoms with van der Waals surface area (Å²) in [4.78, 5) is 62.6. The Kier molecular flexibility index (Phi) is 13.5. The van der Waals surface area contributed by atoms with Gasteiger partial charge < -0.3 is 18.9 Å². The number of halogens is 6. The van der Waals surface area contributed by atoms with Crippen molar-refractivity contribution >= 4 is 57.6 Å². The third-order valence-electron chi connectivity index (χ3n) is 11.5. The zero-order valence-corrected chi connectivity index (χ0v) is 36.0. The number of aromatic nitrogens is 4. The van der Waals surface area contributed by atoms with Crippen LogP contribution >= 0.6 is 0 Å². The van der Waals surface area contributed by atoms with E-state index in [1.807, 2.05) is 59.4 Å². The van der Waals surface area contributed by atoms with Crippen LogP contribution in [0.4, 0.5) is 38.2 Å². The van der Waals surface area contributed by atoms with E-state index in [0.29, 0.717) is 37.2 Å². The molecular formula is C48H46F6N8O4. The maximum absolute atomic E-state index is 13.1. The summed E-state index contributed by atoms with van der Waals surface area (Å²) in [5, 5.41) is 5.38. The number of benzene rings is 4. The van der Waals surface area contributed by atoms with E-state index in [0.717, 1.165) is 72.1 Å². The fraction of sp³-hybridized carbons (Fsp3) is 0.292. The van der Waals surface area contributed by atoms with Gasteiger partial charge in [0.1, 0.15) is 0 Å². The molecule has 0 saturated carbocycles. The zero-order chi connectivity index (χ0) is 47.5. The molecule has 344 valence electrons. The van der Waals surface area contributed by atoms with Gasteiger partial charge in [-0.1, -0.05) is 37.4 Å². The molecular weight excluding hydrogens is 867 g/mol. The lowest BCUT2D eigenvalue weighted by Crippen LogP contribution is -2.40. The largest absolute Gasteiger partial charge is 0.416 e. The van der Waals surface area contributed by atoms with Gasteiger partial charge in [0, 0.05) is 37.3 Å². The van der Waals surface area contributed by atoms with E-state index in [1.165, 1.54) is 36.4 Å². The summed E-state index contributed by atoms with van der Waals surface area (Å²) in [6, 6.07) is 19.6. The van der Waals surface area contributed by atoms with Gasteiger partial charge in [-0.05, 0) is 123 Å². The minimum atomic E-state index is -4.55. The lowest BCUT2D eigenvalue weighted by atomic mass is 10.0. The van der Waals surface area contributed by atoms with Crippen LogP contribution in [0.3, 0.4) is 0 Å². The van der Waals surface area contributed by atoms with Gasteiger partial charge in [-0.3, -0.25) is 29.8 Å². The molecule has 2 N–H and O–H groups in total. The molecule has 0 aliphatic carbocycles. The summed E-state index contributed by atoms with van der Waals surface area (Å²) >= 11 is 0. The third kappa shape index (κ3) is 10.3. The van der Waals surface area contributed by atoms with E-state index in [-0.39, 0.29) is 46.9 Å². The number of imidazole rings is 2. The van der Waals surface area contributed by atoms with Crippen molar-refractivity contribution in [1.82, 2.24) is 28.9 Å². The summed E-state index contributed by atoms with van der Waals surface area (Å²) in [6.07, 6.45) is -3.52. The van der Waals surface area contributed by atoms with Gasteiger partial charge in [-0.15, -0.1) is 0 Å². The number of alkyl halides is 6. The molecule has 4 heterocycles. The molecule has 8 rings (SSSR count). The zero-order valence-electron chi connectivity index (χ0n) is 36.0. The van der Waals surface area contributed by atoms with Crippen LogP contribution in [0.15, 0.2) is 110 Å². The first-order valence-electron chi connectivity index (χ1n) is 21.1. The van der Waals surface area contributed by atoms with Gasteiger partial charge in [0.15, 0.2) is 0 Å². The maximum Gasteiger partial charge on any atom is 0.416 e. The molecule has 2 aromatic heterocycles. The Morgan fingerprint density at radius 1 is 0.606 bits per heavy atom. The first-order valence-corrected chi connectivity index (χ1v) is 21.1. The Balaban J connectivity index is 0.000000196. The summed E-state index contributed by atoms with van der Waals surface area (Å²) in [6.45, 7) is 13.0. The molecule has 0 bridgehead atoms. The van der Waals surface area contributed by atoms with Crippen LogP contribution in [0, 0.1) is 13.8 Å². The summed E-state index contributed by atoms with van der Waals surface area (Å²) < 4.78 is 82.2. The smallest absolute Gasteiger partial charge is 0.337 e. The number of nitrogens with zero attached hydrogens (tertiary/aromatic N) is 6. The van der Waals surface area contributed by atoms with Gasteiger partial charge >= 0.3 is 12.4 Å². The van der Waals surface area contributed by atoms with Gasteiger partial charge in [0.2, 0.25) is 23.7 Å². The molecule has 12 nitrogen and oxygen atoms in total. The van der Waals surface area contributed by atoms with Gasteiger partial charge in [0.25, 0.3) is 11.8 Å². The van der Waals surface area contributed by atoms with Crippen LogP contribution in [0.1, 0.15) is 80.7 Å². The van der Waals surface area contributed by atoms with Crippen molar-refractivity contribution in [2.24, 2.45) is 0 Å². The van der Waals surface area contributed by atoms with Crippen molar-refractivity contribution in [2.75, 3.05) is 36.8 Å². The molecule has 4 aromatic carbocycles.